The maximum atomic E-state index is 5.61. The van der Waals surface area contributed by atoms with Crippen molar-refractivity contribution in [1.29, 1.82) is 0 Å². The van der Waals surface area contributed by atoms with Crippen LogP contribution >= 0.6 is 0 Å². The lowest BCUT2D eigenvalue weighted by molar-refractivity contribution is -0.0786. The molecular formula is C15H19N5O. The van der Waals surface area contributed by atoms with E-state index in [2.05, 4.69) is 24.9 Å². The van der Waals surface area contributed by atoms with Crippen molar-refractivity contribution in [2.45, 2.75) is 56.4 Å². The molecule has 0 saturated heterocycles. The van der Waals surface area contributed by atoms with Crippen molar-refractivity contribution in [1.82, 2.24) is 24.9 Å². The topological polar surface area (TPSA) is 69.6 Å². The zero-order chi connectivity index (χ0) is 14.1. The summed E-state index contributed by atoms with van der Waals surface area (Å²) in [7, 11) is 0. The van der Waals surface area contributed by atoms with E-state index in [0.29, 0.717) is 0 Å². The summed E-state index contributed by atoms with van der Waals surface area (Å²) in [6.07, 6.45) is 10.8. The molecule has 6 rings (SSSR count). The molecule has 4 fully saturated rings. The van der Waals surface area contributed by atoms with Gasteiger partial charge in [0.15, 0.2) is 5.82 Å². The first-order valence-corrected chi connectivity index (χ1v) is 7.83. The molecule has 0 aromatic carbocycles. The van der Waals surface area contributed by atoms with E-state index in [1.165, 1.54) is 32.1 Å². The Balaban J connectivity index is 1.63. The first-order valence-electron chi connectivity index (χ1n) is 7.83. The molecule has 4 aliphatic carbocycles. The fourth-order valence-corrected chi connectivity index (χ4v) is 5.70. The van der Waals surface area contributed by atoms with Crippen LogP contribution in [0.15, 0.2) is 17.2 Å². The fraction of sp³-hybridized carbons (Fsp3) is 0.733. The van der Waals surface area contributed by atoms with E-state index in [1.54, 1.807) is 6.33 Å². The maximum Gasteiger partial charge on any atom is 0.232 e. The van der Waals surface area contributed by atoms with Gasteiger partial charge in [0.25, 0.3) is 0 Å². The van der Waals surface area contributed by atoms with E-state index in [4.69, 9.17) is 4.52 Å². The third-order valence-electron chi connectivity index (χ3n) is 5.92. The van der Waals surface area contributed by atoms with Crippen molar-refractivity contribution in [3.05, 3.63) is 24.4 Å². The van der Waals surface area contributed by atoms with Crippen LogP contribution in [0.2, 0.25) is 0 Å². The minimum absolute atomic E-state index is 0.0668. The van der Waals surface area contributed by atoms with Gasteiger partial charge < -0.3 is 4.52 Å². The molecule has 0 radical (unpaired) electrons. The van der Waals surface area contributed by atoms with Gasteiger partial charge in [0.1, 0.15) is 12.7 Å². The molecule has 4 aliphatic rings. The summed E-state index contributed by atoms with van der Waals surface area (Å²) in [5.41, 5.74) is 0.181. The van der Waals surface area contributed by atoms with Crippen LogP contribution in [0, 0.1) is 18.8 Å². The van der Waals surface area contributed by atoms with Gasteiger partial charge in [-0.2, -0.15) is 10.1 Å². The molecule has 0 amide bonds. The number of aryl methyl sites for hydroxylation is 1. The van der Waals surface area contributed by atoms with Crippen molar-refractivity contribution in [3.63, 3.8) is 0 Å². The Labute approximate surface area is 122 Å². The van der Waals surface area contributed by atoms with E-state index < -0.39 is 0 Å². The lowest BCUT2D eigenvalue weighted by Gasteiger charge is -2.60. The van der Waals surface area contributed by atoms with Crippen molar-refractivity contribution >= 4 is 0 Å². The molecular weight excluding hydrogens is 266 g/mol. The molecule has 0 N–H and O–H groups in total. The van der Waals surface area contributed by atoms with E-state index in [9.17, 15) is 0 Å². The molecule has 0 aliphatic heterocycles. The highest BCUT2D eigenvalue weighted by Gasteiger charge is 2.61. The number of aromatic nitrogens is 5. The minimum atomic E-state index is 0.0668. The van der Waals surface area contributed by atoms with E-state index in [1.807, 2.05) is 13.3 Å². The first kappa shape index (κ1) is 11.9. The fourth-order valence-electron chi connectivity index (χ4n) is 5.70. The largest absolute Gasteiger partial charge is 0.339 e. The molecule has 6 heteroatoms. The summed E-state index contributed by atoms with van der Waals surface area (Å²) >= 11 is 0. The van der Waals surface area contributed by atoms with Crippen LogP contribution in [0.3, 0.4) is 0 Å². The number of hydrogen-bond acceptors (Lipinski definition) is 5. The quantitative estimate of drug-likeness (QED) is 0.846. The van der Waals surface area contributed by atoms with E-state index in [-0.39, 0.29) is 11.0 Å². The zero-order valence-electron chi connectivity index (χ0n) is 12.2. The van der Waals surface area contributed by atoms with Crippen molar-refractivity contribution in [3.8, 4) is 0 Å². The molecule has 4 atom stereocenters. The second kappa shape index (κ2) is 3.72. The highest BCUT2D eigenvalue weighted by Crippen LogP contribution is 2.64. The van der Waals surface area contributed by atoms with Crippen molar-refractivity contribution in [2.24, 2.45) is 11.8 Å². The Bertz CT molecular complexity index is 662. The Morgan fingerprint density at radius 1 is 1.24 bits per heavy atom. The van der Waals surface area contributed by atoms with Crippen LogP contribution in [0.5, 0.6) is 0 Å². The second-order valence-corrected chi connectivity index (χ2v) is 7.45. The number of rotatable bonds is 2. The standard InChI is InChI=1S/C15H19N5O/c1-10-18-13(21-19-10)14-3-11-2-12(4-14)6-15(5-11,7-14)20-9-16-8-17-20/h8-9,11-12H,2-7H2,1H3/t11-,12+,14?,15?. The van der Waals surface area contributed by atoms with Crippen molar-refractivity contribution in [2.75, 3.05) is 0 Å². The van der Waals surface area contributed by atoms with Crippen LogP contribution in [0.25, 0.3) is 0 Å². The third-order valence-corrected chi connectivity index (χ3v) is 5.92. The molecule has 21 heavy (non-hydrogen) atoms. The Morgan fingerprint density at radius 2 is 2.05 bits per heavy atom. The van der Waals surface area contributed by atoms with Crippen molar-refractivity contribution < 1.29 is 4.52 Å². The minimum Gasteiger partial charge on any atom is -0.339 e. The lowest BCUT2D eigenvalue weighted by atomic mass is 9.47. The Morgan fingerprint density at radius 3 is 2.67 bits per heavy atom. The molecule has 6 nitrogen and oxygen atoms in total. The molecule has 4 bridgehead atoms. The van der Waals surface area contributed by atoms with Crippen LogP contribution < -0.4 is 0 Å². The Hall–Kier alpha value is -1.72. The SMILES string of the molecule is Cc1noc(C23C[C@H]4C[C@@H](C2)CC(n2cncn2)(C4)C3)n1. The maximum absolute atomic E-state index is 5.61. The van der Waals surface area contributed by atoms with Crippen LogP contribution in [-0.4, -0.2) is 24.9 Å². The summed E-state index contributed by atoms with van der Waals surface area (Å²) in [6.45, 7) is 1.90. The normalized spacial score (nSPS) is 40.8. The molecule has 2 unspecified atom stereocenters. The van der Waals surface area contributed by atoms with Gasteiger partial charge in [-0.15, -0.1) is 0 Å². The highest BCUT2D eigenvalue weighted by molar-refractivity contribution is 5.19. The molecule has 2 aromatic rings. The highest BCUT2D eigenvalue weighted by atomic mass is 16.5. The van der Waals surface area contributed by atoms with Crippen LogP contribution in [0.4, 0.5) is 0 Å². The van der Waals surface area contributed by atoms with Gasteiger partial charge in [-0.25, -0.2) is 9.67 Å². The van der Waals surface area contributed by atoms with E-state index >= 15 is 0 Å². The molecule has 4 saturated carbocycles. The van der Waals surface area contributed by atoms with Gasteiger partial charge in [0.2, 0.25) is 5.89 Å². The average molecular weight is 285 g/mol. The Kier molecular flexibility index (Phi) is 2.11. The molecule has 2 aromatic heterocycles. The first-order chi connectivity index (χ1) is 10.2. The molecule has 2 heterocycles. The van der Waals surface area contributed by atoms with Gasteiger partial charge >= 0.3 is 0 Å². The summed E-state index contributed by atoms with van der Waals surface area (Å²) in [6, 6.07) is 0. The van der Waals surface area contributed by atoms with E-state index in [0.717, 1.165) is 30.0 Å². The summed E-state index contributed by atoms with van der Waals surface area (Å²) in [4.78, 5) is 8.77. The number of hydrogen-bond donors (Lipinski definition) is 0. The third kappa shape index (κ3) is 1.53. The monoisotopic (exact) mass is 285 g/mol. The van der Waals surface area contributed by atoms with Gasteiger partial charge in [-0.3, -0.25) is 0 Å². The summed E-state index contributed by atoms with van der Waals surface area (Å²) < 4.78 is 7.72. The second-order valence-electron chi connectivity index (χ2n) is 7.45. The number of nitrogens with zero attached hydrogens (tertiary/aromatic N) is 5. The smallest absolute Gasteiger partial charge is 0.232 e. The molecule has 110 valence electrons. The van der Waals surface area contributed by atoms with Crippen LogP contribution in [0.1, 0.15) is 50.2 Å². The van der Waals surface area contributed by atoms with Gasteiger partial charge in [0, 0.05) is 0 Å². The average Bonchev–Trinajstić information content (AvgIpc) is 3.08. The lowest BCUT2D eigenvalue weighted by Crippen LogP contribution is -2.58. The summed E-state index contributed by atoms with van der Waals surface area (Å²) in [5, 5.41) is 8.51. The van der Waals surface area contributed by atoms with Gasteiger partial charge in [-0.05, 0) is 57.3 Å². The molecule has 0 spiro atoms. The zero-order valence-corrected chi connectivity index (χ0v) is 12.2. The van der Waals surface area contributed by atoms with Gasteiger partial charge in [-0.1, -0.05) is 5.16 Å². The van der Waals surface area contributed by atoms with Gasteiger partial charge in [0.05, 0.1) is 11.0 Å². The predicted molar refractivity (Wildman–Crippen MR) is 73.4 cm³/mol. The summed E-state index contributed by atoms with van der Waals surface area (Å²) in [5.74, 6) is 3.11. The predicted octanol–water partition coefficient (Wildman–Crippen LogP) is 2.22. The van der Waals surface area contributed by atoms with Crippen LogP contribution in [-0.2, 0) is 11.0 Å².